The molecule has 2 fully saturated rings. The summed E-state index contributed by atoms with van der Waals surface area (Å²) in [6, 6.07) is 8.15. The fourth-order valence-electron chi connectivity index (χ4n) is 3.17. The van der Waals surface area contributed by atoms with Crippen LogP contribution in [0.3, 0.4) is 0 Å². The van der Waals surface area contributed by atoms with Gasteiger partial charge in [0.2, 0.25) is 5.91 Å². The van der Waals surface area contributed by atoms with Crippen molar-refractivity contribution in [1.29, 1.82) is 0 Å². The van der Waals surface area contributed by atoms with E-state index in [0.717, 1.165) is 31.2 Å². The predicted octanol–water partition coefficient (Wildman–Crippen LogP) is 2.62. The van der Waals surface area contributed by atoms with Crippen LogP contribution in [-0.4, -0.2) is 43.5 Å². The number of carbonyl (C=O) groups is 1. The SMILES string of the molecule is Cl.O=C(CN1CCNCC1c1cccc(Cl)c1)NCC1CCC1. The highest BCUT2D eigenvalue weighted by Gasteiger charge is 2.26. The van der Waals surface area contributed by atoms with Gasteiger partial charge >= 0.3 is 0 Å². The Hall–Kier alpha value is -0.810. The Morgan fingerprint density at radius 2 is 2.22 bits per heavy atom. The first-order valence-corrected chi connectivity index (χ1v) is 8.57. The third-order valence-corrected chi connectivity index (χ3v) is 4.98. The van der Waals surface area contributed by atoms with E-state index < -0.39 is 0 Å². The molecule has 1 aromatic carbocycles. The van der Waals surface area contributed by atoms with Gasteiger partial charge in [-0.2, -0.15) is 0 Å². The van der Waals surface area contributed by atoms with Crippen LogP contribution in [0.2, 0.25) is 5.02 Å². The quantitative estimate of drug-likeness (QED) is 0.851. The fraction of sp³-hybridized carbons (Fsp3) is 0.588. The molecule has 4 nitrogen and oxygen atoms in total. The van der Waals surface area contributed by atoms with E-state index in [1.807, 2.05) is 18.2 Å². The van der Waals surface area contributed by atoms with Crippen molar-refractivity contribution >= 4 is 29.9 Å². The zero-order valence-corrected chi connectivity index (χ0v) is 14.8. The number of halogens is 2. The van der Waals surface area contributed by atoms with E-state index in [4.69, 9.17) is 11.6 Å². The number of rotatable bonds is 5. The van der Waals surface area contributed by atoms with Gasteiger partial charge in [-0.15, -0.1) is 12.4 Å². The first kappa shape index (κ1) is 18.5. The molecule has 23 heavy (non-hydrogen) atoms. The van der Waals surface area contributed by atoms with E-state index >= 15 is 0 Å². The molecule has 1 atom stereocenters. The van der Waals surface area contributed by atoms with E-state index in [9.17, 15) is 4.79 Å². The Balaban J connectivity index is 0.00000192. The molecule has 1 unspecified atom stereocenters. The van der Waals surface area contributed by atoms with Crippen LogP contribution >= 0.6 is 24.0 Å². The Kier molecular flexibility index (Phi) is 7.15. The standard InChI is InChI=1S/C17H24ClN3O.ClH/c18-15-6-2-5-14(9-15)16-11-19-7-8-21(16)12-17(22)20-10-13-3-1-4-13;/h2,5-6,9,13,16,19H,1,3-4,7-8,10-12H2,(H,20,22);1H. The Bertz CT molecular complexity index is 522. The average Bonchev–Trinajstić information content (AvgIpc) is 2.46. The monoisotopic (exact) mass is 357 g/mol. The summed E-state index contributed by atoms with van der Waals surface area (Å²) in [5, 5.41) is 7.24. The molecular formula is C17H25Cl2N3O. The van der Waals surface area contributed by atoms with Crippen molar-refractivity contribution in [2.45, 2.75) is 25.3 Å². The number of nitrogens with one attached hydrogen (secondary N) is 2. The van der Waals surface area contributed by atoms with Crippen LogP contribution in [0.5, 0.6) is 0 Å². The summed E-state index contributed by atoms with van der Waals surface area (Å²) in [6.07, 6.45) is 3.84. The molecule has 2 N–H and O–H groups in total. The summed E-state index contributed by atoms with van der Waals surface area (Å²) in [7, 11) is 0. The van der Waals surface area contributed by atoms with Gasteiger partial charge in [0.25, 0.3) is 0 Å². The van der Waals surface area contributed by atoms with Crippen molar-refractivity contribution in [2.75, 3.05) is 32.7 Å². The molecule has 1 aromatic rings. The van der Waals surface area contributed by atoms with Crippen LogP contribution in [0.15, 0.2) is 24.3 Å². The summed E-state index contributed by atoms with van der Waals surface area (Å²) in [6.45, 7) is 3.97. The molecule has 1 saturated carbocycles. The van der Waals surface area contributed by atoms with Gasteiger partial charge in [0, 0.05) is 37.2 Å². The fourth-order valence-corrected chi connectivity index (χ4v) is 3.37. The van der Waals surface area contributed by atoms with Crippen LogP contribution < -0.4 is 10.6 Å². The lowest BCUT2D eigenvalue weighted by atomic mass is 9.85. The number of hydrogen-bond acceptors (Lipinski definition) is 3. The van der Waals surface area contributed by atoms with Crippen LogP contribution in [0.4, 0.5) is 0 Å². The number of piperazine rings is 1. The molecule has 0 aromatic heterocycles. The second kappa shape index (κ2) is 8.88. The van der Waals surface area contributed by atoms with E-state index in [1.165, 1.54) is 24.8 Å². The molecule has 0 radical (unpaired) electrons. The van der Waals surface area contributed by atoms with Crippen LogP contribution in [0.25, 0.3) is 0 Å². The van der Waals surface area contributed by atoms with Gasteiger partial charge in [-0.05, 0) is 36.5 Å². The van der Waals surface area contributed by atoms with Gasteiger partial charge in [-0.1, -0.05) is 30.2 Å². The molecule has 1 heterocycles. The maximum Gasteiger partial charge on any atom is 0.234 e. The molecule has 1 aliphatic heterocycles. The van der Waals surface area contributed by atoms with Crippen LogP contribution in [-0.2, 0) is 4.79 Å². The summed E-state index contributed by atoms with van der Waals surface area (Å²) in [4.78, 5) is 14.4. The topological polar surface area (TPSA) is 44.4 Å². The molecule has 1 amide bonds. The average molecular weight is 358 g/mol. The van der Waals surface area contributed by atoms with Crippen molar-refractivity contribution < 1.29 is 4.79 Å². The number of benzene rings is 1. The molecular weight excluding hydrogens is 333 g/mol. The third kappa shape index (κ3) is 5.08. The maximum atomic E-state index is 12.2. The van der Waals surface area contributed by atoms with E-state index in [-0.39, 0.29) is 24.4 Å². The zero-order valence-electron chi connectivity index (χ0n) is 13.3. The van der Waals surface area contributed by atoms with E-state index in [0.29, 0.717) is 12.5 Å². The lowest BCUT2D eigenvalue weighted by Crippen LogP contribution is -2.50. The minimum Gasteiger partial charge on any atom is -0.355 e. The lowest BCUT2D eigenvalue weighted by Gasteiger charge is -2.36. The smallest absolute Gasteiger partial charge is 0.234 e. The zero-order chi connectivity index (χ0) is 15.4. The lowest BCUT2D eigenvalue weighted by molar-refractivity contribution is -0.123. The highest BCUT2D eigenvalue weighted by Crippen LogP contribution is 2.26. The predicted molar refractivity (Wildman–Crippen MR) is 96.2 cm³/mol. The number of amides is 1. The summed E-state index contributed by atoms with van der Waals surface area (Å²) >= 11 is 6.11. The third-order valence-electron chi connectivity index (χ3n) is 4.75. The van der Waals surface area contributed by atoms with Gasteiger partial charge in [0.15, 0.2) is 0 Å². The second-order valence-electron chi connectivity index (χ2n) is 6.35. The molecule has 0 bridgehead atoms. The van der Waals surface area contributed by atoms with Crippen LogP contribution in [0.1, 0.15) is 30.9 Å². The number of carbonyl (C=O) groups excluding carboxylic acids is 1. The van der Waals surface area contributed by atoms with Crippen LogP contribution in [0, 0.1) is 5.92 Å². The van der Waals surface area contributed by atoms with Gasteiger partial charge in [-0.3, -0.25) is 9.69 Å². The van der Waals surface area contributed by atoms with Crippen molar-refractivity contribution in [1.82, 2.24) is 15.5 Å². The molecule has 3 rings (SSSR count). The van der Waals surface area contributed by atoms with E-state index in [1.54, 1.807) is 0 Å². The second-order valence-corrected chi connectivity index (χ2v) is 6.78. The Morgan fingerprint density at radius 3 is 2.91 bits per heavy atom. The Morgan fingerprint density at radius 1 is 1.39 bits per heavy atom. The molecule has 2 aliphatic rings. The van der Waals surface area contributed by atoms with Gasteiger partial charge in [0.1, 0.15) is 0 Å². The van der Waals surface area contributed by atoms with Gasteiger partial charge < -0.3 is 10.6 Å². The largest absolute Gasteiger partial charge is 0.355 e. The molecule has 6 heteroatoms. The summed E-state index contributed by atoms with van der Waals surface area (Å²) < 4.78 is 0. The number of hydrogen-bond donors (Lipinski definition) is 2. The van der Waals surface area contributed by atoms with Crippen molar-refractivity contribution in [3.8, 4) is 0 Å². The summed E-state index contributed by atoms with van der Waals surface area (Å²) in [5.41, 5.74) is 1.17. The van der Waals surface area contributed by atoms with Gasteiger partial charge in [0.05, 0.1) is 6.54 Å². The molecule has 128 valence electrons. The minimum atomic E-state index is 0. The molecule has 1 saturated heterocycles. The molecule has 0 spiro atoms. The normalized spacial score (nSPS) is 22.0. The highest BCUT2D eigenvalue weighted by atomic mass is 35.5. The van der Waals surface area contributed by atoms with Gasteiger partial charge in [-0.25, -0.2) is 0 Å². The maximum absolute atomic E-state index is 12.2. The van der Waals surface area contributed by atoms with Crippen molar-refractivity contribution in [2.24, 2.45) is 5.92 Å². The first-order valence-electron chi connectivity index (χ1n) is 8.19. The minimum absolute atomic E-state index is 0. The van der Waals surface area contributed by atoms with Crippen molar-refractivity contribution in [3.05, 3.63) is 34.9 Å². The van der Waals surface area contributed by atoms with Crippen molar-refractivity contribution in [3.63, 3.8) is 0 Å². The van der Waals surface area contributed by atoms with E-state index in [2.05, 4.69) is 21.6 Å². The summed E-state index contributed by atoms with van der Waals surface area (Å²) in [5.74, 6) is 0.844. The molecule has 1 aliphatic carbocycles. The highest BCUT2D eigenvalue weighted by molar-refractivity contribution is 6.30. The Labute approximate surface area is 149 Å². The first-order chi connectivity index (χ1) is 10.7. The number of nitrogens with zero attached hydrogens (tertiary/aromatic N) is 1.